The molecule has 0 atom stereocenters. The molecule has 1 aromatic carbocycles. The third kappa shape index (κ3) is 3.01. The second-order valence-electron chi connectivity index (χ2n) is 2.95. The van der Waals surface area contributed by atoms with Crippen molar-refractivity contribution in [3.63, 3.8) is 0 Å². The lowest BCUT2D eigenvalue weighted by atomic mass is 10.2. The predicted molar refractivity (Wildman–Crippen MR) is 60.7 cm³/mol. The molecule has 0 spiro atoms. The van der Waals surface area contributed by atoms with Crippen molar-refractivity contribution < 1.29 is 4.79 Å². The molecule has 0 bridgehead atoms. The summed E-state index contributed by atoms with van der Waals surface area (Å²) in [5, 5.41) is 0. The molecule has 1 amide bonds. The molecule has 0 aromatic heterocycles. The van der Waals surface area contributed by atoms with Crippen LogP contribution in [0.25, 0.3) is 0 Å². The molecule has 2 N–H and O–H groups in total. The van der Waals surface area contributed by atoms with E-state index in [1.54, 1.807) is 11.9 Å². The van der Waals surface area contributed by atoms with Gasteiger partial charge >= 0.3 is 0 Å². The van der Waals surface area contributed by atoms with Crippen LogP contribution in [0, 0.1) is 0 Å². The molecular formula is C10H15ClN2O. The first-order valence-electron chi connectivity index (χ1n) is 4.18. The van der Waals surface area contributed by atoms with Gasteiger partial charge in [0, 0.05) is 26.2 Å². The first kappa shape index (κ1) is 12.9. The zero-order valence-electron chi connectivity index (χ0n) is 8.36. The molecule has 0 radical (unpaired) electrons. The maximum atomic E-state index is 11.0. The zero-order chi connectivity index (χ0) is 9.84. The van der Waals surface area contributed by atoms with Gasteiger partial charge in [-0.15, -0.1) is 12.4 Å². The van der Waals surface area contributed by atoms with Crippen LogP contribution in [0.5, 0.6) is 0 Å². The Hall–Kier alpha value is -1.06. The number of carbonyl (C=O) groups excluding carboxylic acids is 1. The van der Waals surface area contributed by atoms with E-state index in [1.165, 1.54) is 6.92 Å². The molecular weight excluding hydrogens is 200 g/mol. The van der Waals surface area contributed by atoms with Crippen molar-refractivity contribution in [1.29, 1.82) is 0 Å². The van der Waals surface area contributed by atoms with Crippen LogP contribution < -0.4 is 10.6 Å². The monoisotopic (exact) mass is 214 g/mol. The Labute approximate surface area is 90.3 Å². The second kappa shape index (κ2) is 5.62. The number of hydrogen-bond acceptors (Lipinski definition) is 2. The molecule has 0 fully saturated rings. The summed E-state index contributed by atoms with van der Waals surface area (Å²) in [6.07, 6.45) is 0. The van der Waals surface area contributed by atoms with Crippen molar-refractivity contribution in [2.75, 3.05) is 11.9 Å². The predicted octanol–water partition coefficient (Wildman–Crippen LogP) is 1.55. The van der Waals surface area contributed by atoms with Crippen molar-refractivity contribution >= 4 is 24.0 Å². The number of hydrogen-bond donors (Lipinski definition) is 1. The first-order chi connectivity index (χ1) is 6.15. The average molecular weight is 215 g/mol. The van der Waals surface area contributed by atoms with Crippen LogP contribution in [0.1, 0.15) is 12.5 Å². The molecule has 0 saturated heterocycles. The lowest BCUT2D eigenvalue weighted by Gasteiger charge is -2.14. The van der Waals surface area contributed by atoms with Gasteiger partial charge in [0.1, 0.15) is 0 Å². The highest BCUT2D eigenvalue weighted by Gasteiger charge is 2.03. The third-order valence-corrected chi connectivity index (χ3v) is 2.03. The minimum absolute atomic E-state index is 0. The van der Waals surface area contributed by atoms with Crippen molar-refractivity contribution in [2.45, 2.75) is 13.5 Å². The van der Waals surface area contributed by atoms with Gasteiger partial charge in [0.2, 0.25) is 5.91 Å². The van der Waals surface area contributed by atoms with E-state index in [4.69, 9.17) is 5.73 Å². The second-order valence-corrected chi connectivity index (χ2v) is 2.95. The van der Waals surface area contributed by atoms with E-state index in [2.05, 4.69) is 0 Å². The van der Waals surface area contributed by atoms with Gasteiger partial charge in [-0.25, -0.2) is 0 Å². The fraction of sp³-hybridized carbons (Fsp3) is 0.300. The summed E-state index contributed by atoms with van der Waals surface area (Å²) in [7, 11) is 1.75. The van der Waals surface area contributed by atoms with E-state index in [0.29, 0.717) is 6.54 Å². The summed E-state index contributed by atoms with van der Waals surface area (Å²) in [4.78, 5) is 12.6. The summed E-state index contributed by atoms with van der Waals surface area (Å²) >= 11 is 0. The summed E-state index contributed by atoms with van der Waals surface area (Å²) in [6.45, 7) is 2.07. The number of nitrogens with two attached hydrogens (primary N) is 1. The van der Waals surface area contributed by atoms with Crippen LogP contribution in [0.4, 0.5) is 5.69 Å². The van der Waals surface area contributed by atoms with Crippen LogP contribution >= 0.6 is 12.4 Å². The molecule has 0 heterocycles. The van der Waals surface area contributed by atoms with E-state index >= 15 is 0 Å². The number of rotatable bonds is 2. The lowest BCUT2D eigenvalue weighted by molar-refractivity contribution is -0.116. The molecule has 3 nitrogen and oxygen atoms in total. The minimum Gasteiger partial charge on any atom is -0.326 e. The number of carbonyl (C=O) groups is 1. The quantitative estimate of drug-likeness (QED) is 0.812. The smallest absolute Gasteiger partial charge is 0.223 e. The molecule has 0 aliphatic carbocycles. The van der Waals surface area contributed by atoms with Crippen LogP contribution in [0.15, 0.2) is 24.3 Å². The number of anilines is 1. The van der Waals surface area contributed by atoms with Crippen molar-refractivity contribution in [3.8, 4) is 0 Å². The summed E-state index contributed by atoms with van der Waals surface area (Å²) < 4.78 is 0. The summed E-state index contributed by atoms with van der Waals surface area (Å²) in [5.74, 6) is 0.0282. The molecule has 0 aliphatic heterocycles. The molecule has 0 aliphatic rings. The van der Waals surface area contributed by atoms with E-state index in [-0.39, 0.29) is 18.3 Å². The van der Waals surface area contributed by atoms with Crippen LogP contribution in [0.2, 0.25) is 0 Å². The van der Waals surface area contributed by atoms with Gasteiger partial charge in [-0.1, -0.05) is 12.1 Å². The van der Waals surface area contributed by atoms with Gasteiger partial charge in [-0.3, -0.25) is 4.79 Å². The van der Waals surface area contributed by atoms with Gasteiger partial charge in [0.05, 0.1) is 0 Å². The molecule has 14 heavy (non-hydrogen) atoms. The summed E-state index contributed by atoms with van der Waals surface area (Å²) in [5.41, 5.74) is 7.42. The molecule has 78 valence electrons. The Morgan fingerprint density at radius 3 is 2.21 bits per heavy atom. The normalized spacial score (nSPS) is 9.07. The van der Waals surface area contributed by atoms with Crippen LogP contribution in [0.3, 0.4) is 0 Å². The topological polar surface area (TPSA) is 46.3 Å². The Balaban J connectivity index is 0.00000169. The number of amides is 1. The largest absolute Gasteiger partial charge is 0.326 e. The van der Waals surface area contributed by atoms with Gasteiger partial charge in [-0.2, -0.15) is 0 Å². The van der Waals surface area contributed by atoms with E-state index in [0.717, 1.165) is 11.3 Å². The van der Waals surface area contributed by atoms with Gasteiger partial charge in [0.25, 0.3) is 0 Å². The van der Waals surface area contributed by atoms with Crippen LogP contribution in [-0.2, 0) is 11.3 Å². The standard InChI is InChI=1S/C10H14N2O.ClH/c1-8(13)12(2)10-5-3-9(7-11)4-6-10;/h3-6H,7,11H2,1-2H3;1H. The van der Waals surface area contributed by atoms with Gasteiger partial charge < -0.3 is 10.6 Å². The maximum absolute atomic E-state index is 11.0. The van der Waals surface area contributed by atoms with Crippen molar-refractivity contribution in [3.05, 3.63) is 29.8 Å². The Bertz CT molecular complexity index is 297. The molecule has 0 saturated carbocycles. The zero-order valence-corrected chi connectivity index (χ0v) is 9.17. The number of halogens is 1. The van der Waals surface area contributed by atoms with E-state index in [1.807, 2.05) is 24.3 Å². The Kier molecular flexibility index (Phi) is 5.20. The summed E-state index contributed by atoms with van der Waals surface area (Å²) in [6, 6.07) is 7.64. The fourth-order valence-electron chi connectivity index (χ4n) is 1.04. The van der Waals surface area contributed by atoms with Gasteiger partial charge in [0.15, 0.2) is 0 Å². The highest BCUT2D eigenvalue weighted by molar-refractivity contribution is 5.90. The molecule has 1 aromatic rings. The van der Waals surface area contributed by atoms with Gasteiger partial charge in [-0.05, 0) is 17.7 Å². The highest BCUT2D eigenvalue weighted by atomic mass is 35.5. The first-order valence-corrected chi connectivity index (χ1v) is 4.18. The van der Waals surface area contributed by atoms with Crippen LogP contribution in [-0.4, -0.2) is 13.0 Å². The molecule has 0 unspecified atom stereocenters. The maximum Gasteiger partial charge on any atom is 0.223 e. The SMILES string of the molecule is CC(=O)N(C)c1ccc(CN)cc1.Cl. The van der Waals surface area contributed by atoms with Crippen molar-refractivity contribution in [1.82, 2.24) is 0 Å². The molecule has 4 heteroatoms. The Morgan fingerprint density at radius 1 is 1.36 bits per heavy atom. The molecule has 1 rings (SSSR count). The number of nitrogens with zero attached hydrogens (tertiary/aromatic N) is 1. The third-order valence-electron chi connectivity index (χ3n) is 2.03. The lowest BCUT2D eigenvalue weighted by Crippen LogP contribution is -2.22. The minimum atomic E-state index is 0. The fourth-order valence-corrected chi connectivity index (χ4v) is 1.04. The Morgan fingerprint density at radius 2 is 1.86 bits per heavy atom. The van der Waals surface area contributed by atoms with E-state index < -0.39 is 0 Å². The van der Waals surface area contributed by atoms with Crippen molar-refractivity contribution in [2.24, 2.45) is 5.73 Å². The average Bonchev–Trinajstić information content (AvgIpc) is 2.17. The highest BCUT2D eigenvalue weighted by Crippen LogP contribution is 2.13. The van der Waals surface area contributed by atoms with E-state index in [9.17, 15) is 4.79 Å². The number of benzene rings is 1.